The lowest BCUT2D eigenvalue weighted by atomic mass is 9.73. The van der Waals surface area contributed by atoms with Gasteiger partial charge in [0.1, 0.15) is 0 Å². The topological polar surface area (TPSA) is 0 Å². The predicted molar refractivity (Wildman–Crippen MR) is 52.9 cm³/mol. The van der Waals surface area contributed by atoms with Crippen LogP contribution in [0.4, 0.5) is 0 Å². The van der Waals surface area contributed by atoms with Crippen molar-refractivity contribution < 1.29 is 0 Å². The van der Waals surface area contributed by atoms with E-state index in [2.05, 4.69) is 24.8 Å². The average molecular weight is 160 g/mol. The summed E-state index contributed by atoms with van der Waals surface area (Å²) in [5, 5.41) is 0. The maximum atomic E-state index is 3.77. The van der Waals surface area contributed by atoms with Crippen molar-refractivity contribution in [2.75, 3.05) is 0 Å². The van der Waals surface area contributed by atoms with Crippen molar-refractivity contribution in [1.29, 1.82) is 0 Å². The van der Waals surface area contributed by atoms with Crippen molar-refractivity contribution >= 4 is 0 Å². The molecule has 2 aliphatic carbocycles. The molecule has 1 saturated carbocycles. The van der Waals surface area contributed by atoms with E-state index in [4.69, 9.17) is 0 Å². The van der Waals surface area contributed by atoms with Crippen molar-refractivity contribution in [3.05, 3.63) is 36.5 Å². The van der Waals surface area contributed by atoms with Crippen LogP contribution in [-0.4, -0.2) is 0 Å². The minimum Gasteiger partial charge on any atom is -0.0985 e. The van der Waals surface area contributed by atoms with Gasteiger partial charge in [-0.15, -0.1) is 0 Å². The molecule has 0 amide bonds. The van der Waals surface area contributed by atoms with E-state index < -0.39 is 0 Å². The molecule has 0 heterocycles. The second-order valence-electron chi connectivity index (χ2n) is 3.86. The van der Waals surface area contributed by atoms with Gasteiger partial charge in [-0.1, -0.05) is 37.3 Å². The molecule has 0 nitrogen and oxygen atoms in total. The van der Waals surface area contributed by atoms with Gasteiger partial charge in [0.25, 0.3) is 0 Å². The van der Waals surface area contributed by atoms with Crippen molar-refractivity contribution in [2.45, 2.75) is 25.7 Å². The van der Waals surface area contributed by atoms with Gasteiger partial charge in [-0.3, -0.25) is 0 Å². The quantitative estimate of drug-likeness (QED) is 0.580. The molecule has 0 radical (unpaired) electrons. The van der Waals surface area contributed by atoms with E-state index in [-0.39, 0.29) is 0 Å². The monoisotopic (exact) mass is 160 g/mol. The van der Waals surface area contributed by atoms with Crippen LogP contribution < -0.4 is 0 Å². The van der Waals surface area contributed by atoms with Gasteiger partial charge in [-0.05, 0) is 36.7 Å². The van der Waals surface area contributed by atoms with Crippen LogP contribution in [-0.2, 0) is 0 Å². The Labute approximate surface area is 74.7 Å². The van der Waals surface area contributed by atoms with Gasteiger partial charge >= 0.3 is 0 Å². The molecule has 0 N–H and O–H groups in total. The molecular formula is C12H16. The average Bonchev–Trinajstić information content (AvgIpc) is 2.03. The first kappa shape index (κ1) is 7.85. The molecule has 1 fully saturated rings. The number of allylic oxidation sites excluding steroid dienone is 5. The molecule has 2 aliphatic rings. The van der Waals surface area contributed by atoms with E-state index in [1.165, 1.54) is 31.3 Å². The fourth-order valence-corrected chi connectivity index (χ4v) is 2.02. The molecule has 12 heavy (non-hydrogen) atoms. The van der Waals surface area contributed by atoms with Crippen molar-refractivity contribution in [1.82, 2.24) is 0 Å². The van der Waals surface area contributed by atoms with E-state index in [0.717, 1.165) is 11.8 Å². The number of hydrogen-bond acceptors (Lipinski definition) is 0. The normalized spacial score (nSPS) is 29.3. The molecule has 0 heteroatoms. The molecule has 64 valence electrons. The summed E-state index contributed by atoms with van der Waals surface area (Å²) < 4.78 is 0. The smallest absolute Gasteiger partial charge is 0.0167 e. The van der Waals surface area contributed by atoms with Crippen LogP contribution in [0.15, 0.2) is 36.5 Å². The largest absolute Gasteiger partial charge is 0.0985 e. The predicted octanol–water partition coefficient (Wildman–Crippen LogP) is 3.48. The Bertz CT molecular complexity index is 228. The zero-order valence-electron chi connectivity index (χ0n) is 7.50. The highest BCUT2D eigenvalue weighted by Crippen LogP contribution is 2.37. The Kier molecular flexibility index (Phi) is 2.16. The van der Waals surface area contributed by atoms with Crippen LogP contribution in [0.3, 0.4) is 0 Å². The van der Waals surface area contributed by atoms with Crippen LogP contribution in [0.5, 0.6) is 0 Å². The van der Waals surface area contributed by atoms with Crippen LogP contribution >= 0.6 is 0 Å². The second kappa shape index (κ2) is 3.30. The standard InChI is InChI=1S/C12H16/c1-2-10-6-8-12(9-7-10)11-4-3-5-11/h2,6-8,11-12H,1,3-5,9H2. The zero-order valence-corrected chi connectivity index (χ0v) is 7.50. The van der Waals surface area contributed by atoms with Gasteiger partial charge in [0, 0.05) is 0 Å². The highest BCUT2D eigenvalue weighted by atomic mass is 14.3. The highest BCUT2D eigenvalue weighted by molar-refractivity contribution is 5.32. The zero-order chi connectivity index (χ0) is 8.39. The Morgan fingerprint density at radius 3 is 2.67 bits per heavy atom. The van der Waals surface area contributed by atoms with Crippen molar-refractivity contribution in [2.24, 2.45) is 11.8 Å². The molecule has 0 aliphatic heterocycles. The molecule has 0 saturated heterocycles. The summed E-state index contributed by atoms with van der Waals surface area (Å²) in [4.78, 5) is 0. The highest BCUT2D eigenvalue weighted by Gasteiger charge is 2.25. The van der Waals surface area contributed by atoms with Crippen LogP contribution in [0.2, 0.25) is 0 Å². The lowest BCUT2D eigenvalue weighted by Crippen LogP contribution is -2.20. The first-order valence-corrected chi connectivity index (χ1v) is 4.91. The third-order valence-electron chi connectivity index (χ3n) is 3.15. The maximum absolute atomic E-state index is 3.77. The SMILES string of the molecule is C=CC1=CCC(C2CCC2)C=C1. The summed E-state index contributed by atoms with van der Waals surface area (Å²) in [6.07, 6.45) is 14.4. The van der Waals surface area contributed by atoms with Gasteiger partial charge in [-0.25, -0.2) is 0 Å². The second-order valence-corrected chi connectivity index (χ2v) is 3.86. The Hall–Kier alpha value is -0.780. The summed E-state index contributed by atoms with van der Waals surface area (Å²) >= 11 is 0. The Morgan fingerprint density at radius 2 is 2.25 bits per heavy atom. The molecule has 0 bridgehead atoms. The number of rotatable bonds is 2. The van der Waals surface area contributed by atoms with E-state index in [0.29, 0.717) is 0 Å². The van der Waals surface area contributed by atoms with Crippen LogP contribution in [0, 0.1) is 11.8 Å². The lowest BCUT2D eigenvalue weighted by Gasteiger charge is -2.32. The van der Waals surface area contributed by atoms with Gasteiger partial charge in [0.2, 0.25) is 0 Å². The summed E-state index contributed by atoms with van der Waals surface area (Å²) in [5.74, 6) is 1.83. The summed E-state index contributed by atoms with van der Waals surface area (Å²) in [5.41, 5.74) is 1.30. The third kappa shape index (κ3) is 1.38. The molecule has 0 aromatic carbocycles. The first-order valence-electron chi connectivity index (χ1n) is 4.91. The molecule has 0 spiro atoms. The van der Waals surface area contributed by atoms with Gasteiger partial charge in [0.05, 0.1) is 0 Å². The first-order chi connectivity index (χ1) is 5.90. The molecule has 0 aromatic rings. The van der Waals surface area contributed by atoms with Gasteiger partial charge < -0.3 is 0 Å². The fraction of sp³-hybridized carbons (Fsp3) is 0.500. The number of hydrogen-bond donors (Lipinski definition) is 0. The van der Waals surface area contributed by atoms with E-state index in [9.17, 15) is 0 Å². The minimum absolute atomic E-state index is 0.836. The Balaban J connectivity index is 1.94. The van der Waals surface area contributed by atoms with Gasteiger partial charge in [-0.2, -0.15) is 0 Å². The molecule has 2 rings (SSSR count). The van der Waals surface area contributed by atoms with Crippen LogP contribution in [0.25, 0.3) is 0 Å². The molecular weight excluding hydrogens is 144 g/mol. The van der Waals surface area contributed by atoms with Gasteiger partial charge in [0.15, 0.2) is 0 Å². The minimum atomic E-state index is 0.836. The molecule has 0 aromatic heterocycles. The Morgan fingerprint density at radius 1 is 1.42 bits per heavy atom. The van der Waals surface area contributed by atoms with Crippen molar-refractivity contribution in [3.8, 4) is 0 Å². The molecule has 1 unspecified atom stereocenters. The maximum Gasteiger partial charge on any atom is -0.0167 e. The van der Waals surface area contributed by atoms with E-state index in [1.54, 1.807) is 0 Å². The third-order valence-corrected chi connectivity index (χ3v) is 3.15. The van der Waals surface area contributed by atoms with Crippen LogP contribution in [0.1, 0.15) is 25.7 Å². The lowest BCUT2D eigenvalue weighted by molar-refractivity contribution is 0.242. The summed E-state index contributed by atoms with van der Waals surface area (Å²) in [7, 11) is 0. The fourth-order valence-electron chi connectivity index (χ4n) is 2.02. The van der Waals surface area contributed by atoms with E-state index >= 15 is 0 Å². The summed E-state index contributed by atoms with van der Waals surface area (Å²) in [6, 6.07) is 0. The summed E-state index contributed by atoms with van der Waals surface area (Å²) in [6.45, 7) is 3.77. The van der Waals surface area contributed by atoms with E-state index in [1.807, 2.05) is 6.08 Å². The molecule has 1 atom stereocenters. The van der Waals surface area contributed by atoms with Crippen molar-refractivity contribution in [3.63, 3.8) is 0 Å².